The van der Waals surface area contributed by atoms with Gasteiger partial charge in [-0.3, -0.25) is 0 Å². The van der Waals surface area contributed by atoms with Crippen LogP contribution in [0.2, 0.25) is 0 Å². The SMILES string of the molecule is Cc1noc2cc(NC(=O)N3CCC(CO)CC3)ccc12. The van der Waals surface area contributed by atoms with E-state index in [0.29, 0.717) is 30.3 Å². The van der Waals surface area contributed by atoms with Crippen LogP contribution in [-0.4, -0.2) is 40.9 Å². The van der Waals surface area contributed by atoms with Crippen LogP contribution in [0, 0.1) is 12.8 Å². The molecule has 0 unspecified atom stereocenters. The number of aryl methyl sites for hydroxylation is 1. The third kappa shape index (κ3) is 2.85. The van der Waals surface area contributed by atoms with E-state index in [4.69, 9.17) is 9.63 Å². The third-order valence-electron chi connectivity index (χ3n) is 4.06. The van der Waals surface area contributed by atoms with E-state index in [1.165, 1.54) is 0 Å². The number of hydrogen-bond donors (Lipinski definition) is 2. The predicted molar refractivity (Wildman–Crippen MR) is 79.1 cm³/mol. The number of rotatable bonds is 2. The average molecular weight is 289 g/mol. The van der Waals surface area contributed by atoms with Crippen molar-refractivity contribution in [3.8, 4) is 0 Å². The second kappa shape index (κ2) is 5.73. The van der Waals surface area contributed by atoms with E-state index in [0.717, 1.165) is 23.9 Å². The molecule has 1 aliphatic heterocycles. The average Bonchev–Trinajstić information content (AvgIpc) is 2.88. The number of aliphatic hydroxyl groups excluding tert-OH is 1. The summed E-state index contributed by atoms with van der Waals surface area (Å²) in [6.45, 7) is 3.45. The Kier molecular flexibility index (Phi) is 3.79. The molecule has 6 heteroatoms. The van der Waals surface area contributed by atoms with Gasteiger partial charge in [0.05, 0.1) is 5.69 Å². The fourth-order valence-corrected chi connectivity index (χ4v) is 2.66. The largest absolute Gasteiger partial charge is 0.396 e. The van der Waals surface area contributed by atoms with E-state index in [1.807, 2.05) is 19.1 Å². The summed E-state index contributed by atoms with van der Waals surface area (Å²) < 4.78 is 5.20. The molecule has 1 aliphatic rings. The van der Waals surface area contributed by atoms with E-state index < -0.39 is 0 Å². The highest BCUT2D eigenvalue weighted by Gasteiger charge is 2.22. The Balaban J connectivity index is 1.66. The van der Waals surface area contributed by atoms with E-state index in [2.05, 4.69) is 10.5 Å². The molecular formula is C15H19N3O3. The number of nitrogens with one attached hydrogen (secondary N) is 1. The lowest BCUT2D eigenvalue weighted by Gasteiger charge is -2.31. The van der Waals surface area contributed by atoms with Gasteiger partial charge in [0.1, 0.15) is 0 Å². The number of aliphatic hydroxyl groups is 1. The number of hydrogen-bond acceptors (Lipinski definition) is 4. The summed E-state index contributed by atoms with van der Waals surface area (Å²) in [5.41, 5.74) is 2.21. The van der Waals surface area contributed by atoms with Gasteiger partial charge in [-0.2, -0.15) is 0 Å². The van der Waals surface area contributed by atoms with Gasteiger partial charge in [0.25, 0.3) is 0 Å². The molecule has 0 radical (unpaired) electrons. The zero-order chi connectivity index (χ0) is 14.8. The number of piperidine rings is 1. The van der Waals surface area contributed by atoms with Crippen molar-refractivity contribution in [3.63, 3.8) is 0 Å². The minimum Gasteiger partial charge on any atom is -0.396 e. The molecule has 0 spiro atoms. The molecule has 1 saturated heterocycles. The number of anilines is 1. The van der Waals surface area contributed by atoms with Crippen molar-refractivity contribution < 1.29 is 14.4 Å². The lowest BCUT2D eigenvalue weighted by Crippen LogP contribution is -2.41. The highest BCUT2D eigenvalue weighted by Crippen LogP contribution is 2.23. The third-order valence-corrected chi connectivity index (χ3v) is 4.06. The van der Waals surface area contributed by atoms with Crippen LogP contribution in [0.25, 0.3) is 11.0 Å². The Morgan fingerprint density at radius 1 is 1.48 bits per heavy atom. The number of urea groups is 1. The van der Waals surface area contributed by atoms with E-state index >= 15 is 0 Å². The lowest BCUT2D eigenvalue weighted by molar-refractivity contribution is 0.143. The molecule has 0 atom stereocenters. The first kappa shape index (κ1) is 13.9. The van der Waals surface area contributed by atoms with Crippen LogP contribution in [-0.2, 0) is 0 Å². The second-order valence-corrected chi connectivity index (χ2v) is 5.52. The van der Waals surface area contributed by atoms with Crippen molar-refractivity contribution in [2.24, 2.45) is 5.92 Å². The van der Waals surface area contributed by atoms with Crippen LogP contribution in [0.3, 0.4) is 0 Å². The first-order valence-electron chi connectivity index (χ1n) is 7.20. The van der Waals surface area contributed by atoms with Crippen molar-refractivity contribution in [1.82, 2.24) is 10.1 Å². The van der Waals surface area contributed by atoms with Crippen LogP contribution in [0.4, 0.5) is 10.5 Å². The quantitative estimate of drug-likeness (QED) is 0.889. The molecule has 3 rings (SSSR count). The maximum Gasteiger partial charge on any atom is 0.321 e. The number of aromatic nitrogens is 1. The molecule has 0 saturated carbocycles. The zero-order valence-corrected chi connectivity index (χ0v) is 12.0. The molecule has 2 heterocycles. The second-order valence-electron chi connectivity index (χ2n) is 5.52. The fraction of sp³-hybridized carbons (Fsp3) is 0.467. The van der Waals surface area contributed by atoms with Crippen molar-refractivity contribution in [2.75, 3.05) is 25.0 Å². The number of benzene rings is 1. The molecule has 1 fully saturated rings. The first-order valence-corrected chi connectivity index (χ1v) is 7.20. The maximum atomic E-state index is 12.2. The number of likely N-dealkylation sites (tertiary alicyclic amines) is 1. The minimum absolute atomic E-state index is 0.109. The molecule has 21 heavy (non-hydrogen) atoms. The van der Waals surface area contributed by atoms with Gasteiger partial charge >= 0.3 is 6.03 Å². The molecule has 2 N–H and O–H groups in total. The van der Waals surface area contributed by atoms with Crippen molar-refractivity contribution in [1.29, 1.82) is 0 Å². The Morgan fingerprint density at radius 2 is 2.24 bits per heavy atom. The summed E-state index contributed by atoms with van der Waals surface area (Å²) in [6, 6.07) is 5.43. The Labute approximate surface area is 122 Å². The Morgan fingerprint density at radius 3 is 2.95 bits per heavy atom. The summed E-state index contributed by atoms with van der Waals surface area (Å²) in [5, 5.41) is 16.9. The van der Waals surface area contributed by atoms with Crippen LogP contribution >= 0.6 is 0 Å². The molecule has 0 aliphatic carbocycles. The Hall–Kier alpha value is -2.08. The number of nitrogens with zero attached hydrogens (tertiary/aromatic N) is 2. The normalized spacial score (nSPS) is 16.4. The molecule has 2 amide bonds. The standard InChI is InChI=1S/C15H19N3O3/c1-10-13-3-2-12(8-14(13)21-17-10)16-15(20)18-6-4-11(9-19)5-7-18/h2-3,8,11,19H,4-7,9H2,1H3,(H,16,20). The molecule has 1 aromatic carbocycles. The van der Waals surface area contributed by atoms with Crippen molar-refractivity contribution in [3.05, 3.63) is 23.9 Å². The Bertz CT molecular complexity index is 645. The number of carbonyl (C=O) groups is 1. The van der Waals surface area contributed by atoms with E-state index in [1.54, 1.807) is 11.0 Å². The summed E-state index contributed by atoms with van der Waals surface area (Å²) >= 11 is 0. The van der Waals surface area contributed by atoms with Crippen molar-refractivity contribution in [2.45, 2.75) is 19.8 Å². The number of fused-ring (bicyclic) bond motifs is 1. The van der Waals surface area contributed by atoms with Crippen molar-refractivity contribution >= 4 is 22.7 Å². The summed E-state index contributed by atoms with van der Waals surface area (Å²) in [6.07, 6.45) is 1.70. The van der Waals surface area contributed by atoms with Crippen LogP contribution in [0.15, 0.2) is 22.7 Å². The summed E-state index contributed by atoms with van der Waals surface area (Å²) in [4.78, 5) is 14.0. The van der Waals surface area contributed by atoms with Gasteiger partial charge in [-0.25, -0.2) is 4.79 Å². The van der Waals surface area contributed by atoms with Gasteiger partial charge in [-0.15, -0.1) is 0 Å². The lowest BCUT2D eigenvalue weighted by atomic mass is 9.98. The van der Waals surface area contributed by atoms with Crippen LogP contribution in [0.1, 0.15) is 18.5 Å². The highest BCUT2D eigenvalue weighted by molar-refractivity contribution is 5.92. The van der Waals surface area contributed by atoms with Gasteiger partial charge in [0.2, 0.25) is 0 Å². The van der Waals surface area contributed by atoms with Gasteiger partial charge in [0, 0.05) is 36.8 Å². The predicted octanol–water partition coefficient (Wildman–Crippen LogP) is 2.37. The fourth-order valence-electron chi connectivity index (χ4n) is 2.66. The maximum absolute atomic E-state index is 12.2. The molecule has 0 bridgehead atoms. The first-order chi connectivity index (χ1) is 10.2. The molecular weight excluding hydrogens is 270 g/mol. The van der Waals surface area contributed by atoms with E-state index in [-0.39, 0.29) is 12.6 Å². The highest BCUT2D eigenvalue weighted by atomic mass is 16.5. The molecule has 1 aromatic heterocycles. The zero-order valence-electron chi connectivity index (χ0n) is 12.0. The van der Waals surface area contributed by atoms with Gasteiger partial charge in [-0.1, -0.05) is 5.16 Å². The minimum atomic E-state index is -0.109. The van der Waals surface area contributed by atoms with Gasteiger partial charge in [-0.05, 0) is 37.8 Å². The van der Waals surface area contributed by atoms with E-state index in [9.17, 15) is 4.79 Å². The molecule has 2 aromatic rings. The monoisotopic (exact) mass is 289 g/mol. The molecule has 6 nitrogen and oxygen atoms in total. The summed E-state index contributed by atoms with van der Waals surface area (Å²) in [7, 11) is 0. The van der Waals surface area contributed by atoms with Crippen LogP contribution in [0.5, 0.6) is 0 Å². The topological polar surface area (TPSA) is 78.6 Å². The van der Waals surface area contributed by atoms with Gasteiger partial charge < -0.3 is 19.8 Å². The smallest absolute Gasteiger partial charge is 0.321 e. The number of carbonyl (C=O) groups excluding carboxylic acids is 1. The number of amides is 2. The van der Waals surface area contributed by atoms with Gasteiger partial charge in [0.15, 0.2) is 5.58 Å². The molecule has 112 valence electrons. The van der Waals surface area contributed by atoms with Crippen LogP contribution < -0.4 is 5.32 Å². The summed E-state index contributed by atoms with van der Waals surface area (Å²) in [5.74, 6) is 0.322.